The number of nitrogens with one attached hydrogen (secondary N) is 6. The number of aromatic amines is 1. The number of aliphatic hydroxyl groups is 2. The molecule has 0 aliphatic carbocycles. The first-order valence-corrected chi connectivity index (χ1v) is 24.9. The normalized spacial score (nSPS) is 13.1. The Balaban J connectivity index is 0. The maximum atomic E-state index is 12.2. The van der Waals surface area contributed by atoms with Crippen molar-refractivity contribution in [3.8, 4) is 17.3 Å². The average molecular weight is 1030 g/mol. The van der Waals surface area contributed by atoms with E-state index in [-0.39, 0.29) is 29.6 Å². The molecule has 0 bridgehead atoms. The first-order chi connectivity index (χ1) is 35.7. The minimum absolute atomic E-state index is 0.140. The lowest BCUT2D eigenvalue weighted by atomic mass is 9.87. The third-order valence-electron chi connectivity index (χ3n) is 11.2. The van der Waals surface area contributed by atoms with Gasteiger partial charge in [0.05, 0.1) is 5.56 Å². The molecule has 4 amide bonds. The average Bonchev–Trinajstić information content (AvgIpc) is 3.84. The number of ether oxygens (including phenoxy) is 1. The molecule has 1 aliphatic heterocycles. The third-order valence-corrected chi connectivity index (χ3v) is 11.2. The maximum Gasteiger partial charge on any atom is 0.259 e. The second-order valence-corrected chi connectivity index (χ2v) is 17.3. The smallest absolute Gasteiger partial charge is 0.259 e. The molecule has 0 saturated carbocycles. The number of H-pyrrole nitrogens is 1. The Hall–Kier alpha value is -6.96. The predicted octanol–water partition coefficient (Wildman–Crippen LogP) is 6.66. The summed E-state index contributed by atoms with van der Waals surface area (Å²) in [5, 5.41) is 28.6. The van der Waals surface area contributed by atoms with Crippen LogP contribution in [0.5, 0.6) is 5.88 Å². The van der Waals surface area contributed by atoms with Gasteiger partial charge < -0.3 is 55.8 Å². The minimum atomic E-state index is -0.429. The standard InChI is InChI=1S/C24H32N4O3.C20H26N4O3.C5H11NO.C3H8.2CH4O.CH2O/c1-4-18-6-5-7-21(14-18)26-13-11-19(10-12-25-16-29)20-8-9-22(24(31)27-17-30)23(15-20)28(2)3;1-20(2)12-16(7-8-24(20)3)21-15-6-4-5-14(11-15)18-22-17(13-26)19(23-18)27-10-9-25;1-2-3-4-6-5-7;1-3-2;3*1-2/h5-9,14-17,19,26H,4,10-13H2,1-3H3,(H,25,29)(H,27,30,31);4-6,9,11,13,16,21H,7-8,10,12H2,1-3H3,(H,22,23);5H,2-4H2,1H3,(H,6,7);3H2,1-2H3;2*2H,1H3;1H2. The Labute approximate surface area is 440 Å². The topological polar surface area (TPSA) is 264 Å². The van der Waals surface area contributed by atoms with Gasteiger partial charge >= 0.3 is 0 Å². The van der Waals surface area contributed by atoms with Crippen LogP contribution in [0.4, 0.5) is 17.1 Å². The van der Waals surface area contributed by atoms with Gasteiger partial charge in [-0.05, 0) is 113 Å². The van der Waals surface area contributed by atoms with Crippen molar-refractivity contribution in [1.82, 2.24) is 30.8 Å². The number of aliphatic hydroxyl groups excluding tert-OH is 2. The fraction of sp³-hybridized carbons (Fsp3) is 0.491. The summed E-state index contributed by atoms with van der Waals surface area (Å²) in [6.07, 6.45) is 11.4. The van der Waals surface area contributed by atoms with Crippen molar-refractivity contribution in [2.24, 2.45) is 0 Å². The number of carbonyl (C=O) groups is 7. The Bertz CT molecular complexity index is 2150. The van der Waals surface area contributed by atoms with E-state index in [0.29, 0.717) is 49.4 Å². The van der Waals surface area contributed by atoms with Crippen LogP contribution in [0.1, 0.15) is 124 Å². The molecule has 412 valence electrons. The van der Waals surface area contributed by atoms with Crippen molar-refractivity contribution in [3.05, 3.63) is 89.1 Å². The predicted molar refractivity (Wildman–Crippen MR) is 297 cm³/mol. The van der Waals surface area contributed by atoms with Crippen molar-refractivity contribution in [3.63, 3.8) is 0 Å². The molecule has 2 atom stereocenters. The summed E-state index contributed by atoms with van der Waals surface area (Å²) >= 11 is 0. The van der Waals surface area contributed by atoms with Crippen molar-refractivity contribution >= 4 is 61.6 Å². The van der Waals surface area contributed by atoms with Crippen molar-refractivity contribution in [1.29, 1.82) is 0 Å². The molecule has 8 N–H and O–H groups in total. The van der Waals surface area contributed by atoms with Crippen LogP contribution < -0.4 is 36.2 Å². The molecule has 1 fully saturated rings. The SMILES string of the molecule is C=O.CCC.CCCCNC=O.CCc1cccc(NCCC(CCNC=O)c2ccc(C(=O)NC=O)c(N(C)C)c2)c1.CN1CCC(Nc2cccc(-c3nc(OCC=O)c(C=O)[nH]3)c2)CC1(C)C.CO.CO. The number of aromatic nitrogens is 2. The van der Waals surface area contributed by atoms with Crippen LogP contribution in [0.15, 0.2) is 66.7 Å². The third kappa shape index (κ3) is 26.7. The first kappa shape index (κ1) is 69.1. The number of hydrogen-bond acceptors (Lipinski definition) is 15. The number of imide groups is 1. The number of hydrogen-bond donors (Lipinski definition) is 8. The van der Waals surface area contributed by atoms with E-state index in [4.69, 9.17) is 19.7 Å². The Kier molecular flexibility index (Phi) is 39.7. The van der Waals surface area contributed by atoms with Crippen molar-refractivity contribution in [2.75, 3.05) is 83.7 Å². The van der Waals surface area contributed by atoms with Gasteiger partial charge in [-0.25, -0.2) is 0 Å². The summed E-state index contributed by atoms with van der Waals surface area (Å²) in [5.74, 6) is 0.436. The van der Waals surface area contributed by atoms with Gasteiger partial charge in [0.25, 0.3) is 5.91 Å². The van der Waals surface area contributed by atoms with E-state index in [9.17, 15) is 28.8 Å². The Morgan fingerprint density at radius 2 is 1.51 bits per heavy atom. The lowest BCUT2D eigenvalue weighted by molar-refractivity contribution is -0.110. The molecular weight excluding hydrogens is 947 g/mol. The second-order valence-electron chi connectivity index (χ2n) is 17.3. The summed E-state index contributed by atoms with van der Waals surface area (Å²) < 4.78 is 5.20. The zero-order valence-corrected chi connectivity index (χ0v) is 45.8. The molecule has 19 nitrogen and oxygen atoms in total. The highest BCUT2D eigenvalue weighted by Crippen LogP contribution is 2.31. The summed E-state index contributed by atoms with van der Waals surface area (Å²) in [6, 6.07) is 22.4. The van der Waals surface area contributed by atoms with E-state index in [1.54, 1.807) is 6.07 Å². The van der Waals surface area contributed by atoms with Gasteiger partial charge in [-0.2, -0.15) is 4.98 Å². The highest BCUT2D eigenvalue weighted by atomic mass is 16.5. The van der Waals surface area contributed by atoms with Gasteiger partial charge in [-0.15, -0.1) is 0 Å². The van der Waals surface area contributed by atoms with Crippen LogP contribution >= 0.6 is 0 Å². The number of aldehydes is 2. The number of benzene rings is 3. The van der Waals surface area contributed by atoms with Crippen LogP contribution in [0, 0.1) is 0 Å². The molecule has 2 unspecified atom stereocenters. The maximum absolute atomic E-state index is 12.2. The molecule has 1 saturated heterocycles. The Morgan fingerprint density at radius 1 is 0.878 bits per heavy atom. The number of anilines is 3. The number of likely N-dealkylation sites (tertiary alicyclic amines) is 1. The molecule has 1 aliphatic rings. The van der Waals surface area contributed by atoms with Crippen molar-refractivity contribution < 1.29 is 48.5 Å². The number of piperidine rings is 1. The number of amides is 4. The van der Waals surface area contributed by atoms with Gasteiger partial charge in [0.2, 0.25) is 25.1 Å². The van der Waals surface area contributed by atoms with E-state index in [1.165, 1.54) is 12.0 Å². The highest BCUT2D eigenvalue weighted by molar-refractivity contribution is 6.04. The molecule has 19 heteroatoms. The van der Waals surface area contributed by atoms with Gasteiger partial charge in [-0.1, -0.05) is 70.9 Å². The Morgan fingerprint density at radius 3 is 2.09 bits per heavy atom. The summed E-state index contributed by atoms with van der Waals surface area (Å²) in [4.78, 5) is 84.4. The van der Waals surface area contributed by atoms with Crippen LogP contribution in [-0.2, 0) is 30.4 Å². The fourth-order valence-electron chi connectivity index (χ4n) is 7.36. The van der Waals surface area contributed by atoms with E-state index in [2.05, 4.69) is 114 Å². The largest absolute Gasteiger partial charge is 0.468 e. The molecule has 2 heterocycles. The van der Waals surface area contributed by atoms with Crippen LogP contribution in [0.2, 0.25) is 0 Å². The number of carbonyl (C=O) groups excluding carboxylic acids is 7. The molecule has 0 radical (unpaired) electrons. The van der Waals surface area contributed by atoms with Crippen LogP contribution in [0.3, 0.4) is 0 Å². The quantitative estimate of drug-likeness (QED) is 0.0270. The number of imidazole rings is 1. The zero-order chi connectivity index (χ0) is 56.3. The number of rotatable bonds is 24. The molecule has 3 aromatic carbocycles. The molecule has 74 heavy (non-hydrogen) atoms. The van der Waals surface area contributed by atoms with E-state index in [1.807, 2.05) is 62.2 Å². The lowest BCUT2D eigenvalue weighted by Gasteiger charge is -2.44. The number of unbranched alkanes of at least 4 members (excludes halogenated alkanes) is 1. The van der Waals surface area contributed by atoms with Crippen LogP contribution in [0.25, 0.3) is 11.4 Å². The van der Waals surface area contributed by atoms with E-state index >= 15 is 0 Å². The van der Waals surface area contributed by atoms with E-state index < -0.39 is 5.91 Å². The number of nitrogens with zero attached hydrogens (tertiary/aromatic N) is 3. The van der Waals surface area contributed by atoms with E-state index in [0.717, 1.165) is 113 Å². The molecule has 4 aromatic rings. The monoisotopic (exact) mass is 1030 g/mol. The molecule has 0 spiro atoms. The molecular formula is C55H87N9O10. The number of aryl methyl sites for hydroxylation is 1. The summed E-state index contributed by atoms with van der Waals surface area (Å²) in [7, 11) is 7.90. The summed E-state index contributed by atoms with van der Waals surface area (Å²) in [6.45, 7) is 18.1. The van der Waals surface area contributed by atoms with Gasteiger partial charge in [0, 0.05) is 88.7 Å². The lowest BCUT2D eigenvalue weighted by Crippen LogP contribution is -2.50. The minimum Gasteiger partial charge on any atom is -0.468 e. The fourth-order valence-corrected chi connectivity index (χ4v) is 7.36. The second kappa shape index (κ2) is 42.5. The zero-order valence-electron chi connectivity index (χ0n) is 45.8. The van der Waals surface area contributed by atoms with Crippen LogP contribution in [-0.4, -0.2) is 149 Å². The van der Waals surface area contributed by atoms with Gasteiger partial charge in [0.15, 0.2) is 12.6 Å². The summed E-state index contributed by atoms with van der Waals surface area (Å²) in [5.41, 5.74) is 6.90. The van der Waals surface area contributed by atoms with Gasteiger partial charge in [0.1, 0.15) is 24.9 Å². The molecule has 5 rings (SSSR count). The first-order valence-electron chi connectivity index (χ1n) is 24.9. The van der Waals surface area contributed by atoms with Gasteiger partial charge in [-0.3, -0.25) is 34.1 Å². The molecule has 1 aromatic heterocycles. The highest BCUT2D eigenvalue weighted by Gasteiger charge is 2.32. The van der Waals surface area contributed by atoms with Crippen molar-refractivity contribution in [2.45, 2.75) is 110 Å².